The van der Waals surface area contributed by atoms with E-state index in [9.17, 15) is 0 Å². The van der Waals surface area contributed by atoms with E-state index in [1.54, 1.807) is 0 Å². The maximum atomic E-state index is 5.51. The minimum Gasteiger partial charge on any atom is -0.493 e. The maximum Gasteiger partial charge on any atom is 0.122 e. The third kappa shape index (κ3) is 1.82. The number of ether oxygens (including phenoxy) is 1. The Morgan fingerprint density at radius 1 is 1.38 bits per heavy atom. The monoisotopic (exact) mass is 217 g/mol. The molecule has 0 saturated heterocycles. The highest BCUT2D eigenvalue weighted by atomic mass is 16.5. The zero-order valence-corrected chi connectivity index (χ0v) is 9.88. The lowest BCUT2D eigenvalue weighted by atomic mass is 9.78. The topological polar surface area (TPSA) is 21.3 Å². The van der Waals surface area contributed by atoms with E-state index in [1.165, 1.54) is 30.4 Å². The van der Waals surface area contributed by atoms with Gasteiger partial charge in [0.25, 0.3) is 0 Å². The highest BCUT2D eigenvalue weighted by Crippen LogP contribution is 2.31. The van der Waals surface area contributed by atoms with Crippen molar-refractivity contribution in [1.29, 1.82) is 0 Å². The summed E-state index contributed by atoms with van der Waals surface area (Å²) in [6, 6.07) is 6.58. The Hall–Kier alpha value is -1.02. The van der Waals surface area contributed by atoms with Crippen molar-refractivity contribution in [1.82, 2.24) is 5.32 Å². The van der Waals surface area contributed by atoms with Crippen LogP contribution in [0.1, 0.15) is 37.3 Å². The maximum absolute atomic E-state index is 5.51. The molecule has 0 radical (unpaired) electrons. The van der Waals surface area contributed by atoms with E-state index in [2.05, 4.69) is 30.4 Å². The second kappa shape index (κ2) is 3.77. The Morgan fingerprint density at radius 3 is 3.00 bits per heavy atom. The van der Waals surface area contributed by atoms with Crippen molar-refractivity contribution in [3.05, 3.63) is 29.3 Å². The molecule has 1 aliphatic carbocycles. The third-order valence-corrected chi connectivity index (χ3v) is 3.93. The molecular weight excluding hydrogens is 198 g/mol. The number of hydrogen-bond acceptors (Lipinski definition) is 2. The Morgan fingerprint density at radius 2 is 2.25 bits per heavy atom. The van der Waals surface area contributed by atoms with Crippen molar-refractivity contribution >= 4 is 0 Å². The third-order valence-electron chi connectivity index (χ3n) is 3.93. The van der Waals surface area contributed by atoms with Crippen molar-refractivity contribution in [3.8, 4) is 5.75 Å². The predicted molar refractivity (Wildman–Crippen MR) is 64.7 cm³/mol. The molecule has 16 heavy (non-hydrogen) atoms. The largest absolute Gasteiger partial charge is 0.493 e. The smallest absolute Gasteiger partial charge is 0.122 e. The van der Waals surface area contributed by atoms with Gasteiger partial charge in [0.15, 0.2) is 0 Å². The van der Waals surface area contributed by atoms with Crippen LogP contribution < -0.4 is 10.1 Å². The van der Waals surface area contributed by atoms with Crippen LogP contribution in [0.2, 0.25) is 0 Å². The van der Waals surface area contributed by atoms with Crippen LogP contribution in [0, 0.1) is 0 Å². The van der Waals surface area contributed by atoms with Gasteiger partial charge in [-0.25, -0.2) is 0 Å². The quantitative estimate of drug-likeness (QED) is 0.840. The second-order valence-corrected chi connectivity index (χ2v) is 5.31. The number of nitrogens with one attached hydrogen (secondary N) is 1. The summed E-state index contributed by atoms with van der Waals surface area (Å²) in [4.78, 5) is 0. The summed E-state index contributed by atoms with van der Waals surface area (Å²) >= 11 is 0. The summed E-state index contributed by atoms with van der Waals surface area (Å²) in [5.41, 5.74) is 3.16. The first-order chi connectivity index (χ1) is 7.75. The van der Waals surface area contributed by atoms with Gasteiger partial charge < -0.3 is 10.1 Å². The Labute approximate surface area is 97.0 Å². The summed E-state index contributed by atoms with van der Waals surface area (Å²) in [5.74, 6) is 1.08. The molecule has 1 aliphatic heterocycles. The van der Waals surface area contributed by atoms with Gasteiger partial charge in [-0.1, -0.05) is 12.1 Å². The minimum absolute atomic E-state index is 0.398. The normalized spacial score (nSPS) is 21.1. The molecule has 1 heterocycles. The van der Waals surface area contributed by atoms with Crippen LogP contribution in [0.4, 0.5) is 0 Å². The van der Waals surface area contributed by atoms with Gasteiger partial charge >= 0.3 is 0 Å². The molecule has 0 bridgehead atoms. The zero-order chi connectivity index (χ0) is 11.0. The lowest BCUT2D eigenvalue weighted by molar-refractivity contribution is 0.207. The average Bonchev–Trinajstić information content (AvgIpc) is 2.70. The highest BCUT2D eigenvalue weighted by Gasteiger charge is 2.30. The van der Waals surface area contributed by atoms with Gasteiger partial charge in [-0.15, -0.1) is 0 Å². The van der Waals surface area contributed by atoms with Gasteiger partial charge in [-0.05, 0) is 43.4 Å². The number of benzene rings is 1. The molecule has 0 unspecified atom stereocenters. The van der Waals surface area contributed by atoms with Gasteiger partial charge in [0.05, 0.1) is 6.61 Å². The van der Waals surface area contributed by atoms with E-state index < -0.39 is 0 Å². The van der Waals surface area contributed by atoms with E-state index in [-0.39, 0.29) is 0 Å². The molecule has 2 aliphatic rings. The van der Waals surface area contributed by atoms with Crippen LogP contribution in [0.3, 0.4) is 0 Å². The molecule has 1 saturated carbocycles. The van der Waals surface area contributed by atoms with E-state index in [0.717, 1.165) is 25.3 Å². The number of rotatable bonds is 3. The predicted octanol–water partition coefficient (Wildman–Crippen LogP) is 2.65. The molecule has 1 aromatic carbocycles. The van der Waals surface area contributed by atoms with Crippen molar-refractivity contribution in [2.75, 3.05) is 6.61 Å². The number of hydrogen-bond donors (Lipinski definition) is 1. The molecule has 0 spiro atoms. The molecule has 2 nitrogen and oxygen atoms in total. The van der Waals surface area contributed by atoms with Crippen LogP contribution in [-0.4, -0.2) is 12.1 Å². The van der Waals surface area contributed by atoms with Crippen molar-refractivity contribution in [2.45, 2.75) is 44.7 Å². The molecule has 3 rings (SSSR count). The summed E-state index contributed by atoms with van der Waals surface area (Å²) in [5, 5.41) is 3.66. The van der Waals surface area contributed by atoms with Crippen molar-refractivity contribution < 1.29 is 4.74 Å². The van der Waals surface area contributed by atoms with Crippen LogP contribution in [-0.2, 0) is 13.0 Å². The lowest BCUT2D eigenvalue weighted by Gasteiger charge is -2.39. The van der Waals surface area contributed by atoms with Crippen LogP contribution in [0.25, 0.3) is 0 Å². The van der Waals surface area contributed by atoms with Gasteiger partial charge in [0.1, 0.15) is 5.75 Å². The van der Waals surface area contributed by atoms with E-state index >= 15 is 0 Å². The molecule has 0 amide bonds. The summed E-state index contributed by atoms with van der Waals surface area (Å²) in [6.07, 6.45) is 5.09. The van der Waals surface area contributed by atoms with Gasteiger partial charge in [-0.3, -0.25) is 0 Å². The van der Waals surface area contributed by atoms with Crippen molar-refractivity contribution in [2.24, 2.45) is 0 Å². The molecule has 1 N–H and O–H groups in total. The summed E-state index contributed by atoms with van der Waals surface area (Å²) in [7, 11) is 0. The Bertz CT molecular complexity index is 396. The first-order valence-electron chi connectivity index (χ1n) is 6.25. The fourth-order valence-corrected chi connectivity index (χ4v) is 2.55. The van der Waals surface area contributed by atoms with Crippen LogP contribution in [0.15, 0.2) is 18.2 Å². The number of fused-ring (bicyclic) bond motifs is 1. The Kier molecular flexibility index (Phi) is 2.40. The molecular formula is C14H19NO. The molecule has 1 fully saturated rings. The van der Waals surface area contributed by atoms with Gasteiger partial charge in [-0.2, -0.15) is 0 Å². The minimum atomic E-state index is 0.398. The second-order valence-electron chi connectivity index (χ2n) is 5.31. The average molecular weight is 217 g/mol. The van der Waals surface area contributed by atoms with Crippen LogP contribution >= 0.6 is 0 Å². The van der Waals surface area contributed by atoms with Crippen molar-refractivity contribution in [3.63, 3.8) is 0 Å². The molecule has 0 atom stereocenters. The Balaban J connectivity index is 1.66. The van der Waals surface area contributed by atoms with Crippen LogP contribution in [0.5, 0.6) is 5.75 Å². The zero-order valence-electron chi connectivity index (χ0n) is 9.88. The molecule has 2 heteroatoms. The first kappa shape index (κ1) is 10.2. The SMILES string of the molecule is CC1(NCc2ccc3c(c2)CCO3)CCC1. The van der Waals surface area contributed by atoms with Gasteiger partial charge in [0, 0.05) is 18.5 Å². The van der Waals surface area contributed by atoms with E-state index in [0.29, 0.717) is 5.54 Å². The van der Waals surface area contributed by atoms with E-state index in [4.69, 9.17) is 4.74 Å². The lowest BCUT2D eigenvalue weighted by Crippen LogP contribution is -2.47. The standard InChI is InChI=1S/C14H19NO/c1-14(6-2-7-14)15-10-11-3-4-13-12(9-11)5-8-16-13/h3-4,9,15H,2,5-8,10H2,1H3. The highest BCUT2D eigenvalue weighted by molar-refractivity contribution is 5.39. The molecule has 0 aromatic heterocycles. The van der Waals surface area contributed by atoms with E-state index in [1.807, 2.05) is 0 Å². The first-order valence-corrected chi connectivity index (χ1v) is 6.25. The molecule has 86 valence electrons. The summed E-state index contributed by atoms with van der Waals surface area (Å²) < 4.78 is 5.51. The summed E-state index contributed by atoms with van der Waals surface area (Å²) in [6.45, 7) is 4.17. The fraction of sp³-hybridized carbons (Fsp3) is 0.571. The fourth-order valence-electron chi connectivity index (χ4n) is 2.55. The van der Waals surface area contributed by atoms with Gasteiger partial charge in [0.2, 0.25) is 0 Å². The molecule has 1 aromatic rings.